The molecule has 5 nitrogen and oxygen atoms in total. The van der Waals surface area contributed by atoms with E-state index in [1.807, 2.05) is 13.8 Å². The van der Waals surface area contributed by atoms with Gasteiger partial charge in [-0.1, -0.05) is 23.2 Å². The van der Waals surface area contributed by atoms with Crippen LogP contribution >= 0.6 is 23.2 Å². The van der Waals surface area contributed by atoms with Gasteiger partial charge in [-0.2, -0.15) is 0 Å². The van der Waals surface area contributed by atoms with Crippen molar-refractivity contribution in [1.29, 1.82) is 0 Å². The van der Waals surface area contributed by atoms with Crippen LogP contribution in [0.25, 0.3) is 0 Å². The van der Waals surface area contributed by atoms with E-state index in [4.69, 9.17) is 27.9 Å². The lowest BCUT2D eigenvalue weighted by atomic mass is 10.0. The first kappa shape index (κ1) is 17.4. The molecule has 23 heavy (non-hydrogen) atoms. The summed E-state index contributed by atoms with van der Waals surface area (Å²) < 4.78 is 6.25. The summed E-state index contributed by atoms with van der Waals surface area (Å²) in [6, 6.07) is 4.85. The summed E-state index contributed by atoms with van der Waals surface area (Å²) in [4.78, 5) is 24.2. The predicted molar refractivity (Wildman–Crippen MR) is 90.6 cm³/mol. The molecular formula is C16H16Cl2N2O3. The van der Waals surface area contributed by atoms with Gasteiger partial charge in [0.2, 0.25) is 0 Å². The number of nitrogens with one attached hydrogen (secondary N) is 1. The van der Waals surface area contributed by atoms with Crippen LogP contribution in [0.5, 0.6) is 0 Å². The second-order valence-electron chi connectivity index (χ2n) is 5.14. The van der Waals surface area contributed by atoms with Crippen molar-refractivity contribution in [3.8, 4) is 0 Å². The third-order valence-electron chi connectivity index (χ3n) is 3.68. The number of carbonyl (C=O) groups excluding carboxylic acids is 2. The molecule has 7 heteroatoms. The molecule has 0 aliphatic carbocycles. The molecular weight excluding hydrogens is 339 g/mol. The maximum atomic E-state index is 12.4. The third kappa shape index (κ3) is 3.35. The van der Waals surface area contributed by atoms with Crippen LogP contribution < -0.4 is 5.32 Å². The number of methoxy groups -OCH3 is 1. The van der Waals surface area contributed by atoms with Crippen LogP contribution in [0, 0.1) is 13.8 Å². The molecule has 0 spiro atoms. The second kappa shape index (κ2) is 6.64. The average Bonchev–Trinajstić information content (AvgIpc) is 2.77. The zero-order valence-electron chi connectivity index (χ0n) is 13.2. The van der Waals surface area contributed by atoms with Crippen LogP contribution in [0.4, 0.5) is 5.69 Å². The molecule has 0 aliphatic heterocycles. The van der Waals surface area contributed by atoms with Gasteiger partial charge >= 0.3 is 5.97 Å². The highest BCUT2D eigenvalue weighted by molar-refractivity contribution is 6.42. The third-order valence-corrected chi connectivity index (χ3v) is 4.52. The number of hydrogen-bond acceptors (Lipinski definition) is 3. The number of esters is 1. The van der Waals surface area contributed by atoms with Crippen LogP contribution in [-0.2, 0) is 11.8 Å². The van der Waals surface area contributed by atoms with Crippen LogP contribution in [-0.4, -0.2) is 23.6 Å². The van der Waals surface area contributed by atoms with Crippen molar-refractivity contribution < 1.29 is 14.3 Å². The largest absolute Gasteiger partial charge is 0.465 e. The fourth-order valence-electron chi connectivity index (χ4n) is 2.21. The Labute approximate surface area is 144 Å². The summed E-state index contributed by atoms with van der Waals surface area (Å²) in [6.45, 7) is 3.68. The summed E-state index contributed by atoms with van der Waals surface area (Å²) in [6.07, 6.45) is 0. The molecule has 1 aromatic heterocycles. The van der Waals surface area contributed by atoms with Gasteiger partial charge in [0.15, 0.2) is 0 Å². The van der Waals surface area contributed by atoms with E-state index >= 15 is 0 Å². The molecule has 0 fully saturated rings. The number of hydrogen-bond donors (Lipinski definition) is 1. The van der Waals surface area contributed by atoms with E-state index in [0.29, 0.717) is 22.0 Å². The van der Waals surface area contributed by atoms with Gasteiger partial charge in [-0.05, 0) is 43.2 Å². The van der Waals surface area contributed by atoms with E-state index in [0.717, 1.165) is 11.1 Å². The van der Waals surface area contributed by atoms with Crippen molar-refractivity contribution in [3.63, 3.8) is 0 Å². The fourth-order valence-corrected chi connectivity index (χ4v) is 2.58. The Hall–Kier alpha value is -1.98. The van der Waals surface area contributed by atoms with Crippen molar-refractivity contribution in [2.75, 3.05) is 12.4 Å². The number of anilines is 1. The Morgan fingerprint density at radius 1 is 1.17 bits per heavy atom. The Morgan fingerprint density at radius 2 is 1.83 bits per heavy atom. The summed E-state index contributed by atoms with van der Waals surface area (Å²) >= 11 is 11.9. The predicted octanol–water partition coefficient (Wildman–Crippen LogP) is 3.99. The van der Waals surface area contributed by atoms with Gasteiger partial charge in [0, 0.05) is 12.7 Å². The smallest absolute Gasteiger partial charge is 0.338 e. The van der Waals surface area contributed by atoms with Gasteiger partial charge in [-0.3, -0.25) is 4.79 Å². The number of halogens is 2. The minimum absolute atomic E-state index is 0.284. The molecule has 1 aromatic carbocycles. The lowest BCUT2D eigenvalue weighted by Gasteiger charge is -2.12. The first-order chi connectivity index (χ1) is 10.8. The number of amides is 1. The van der Waals surface area contributed by atoms with Gasteiger partial charge in [-0.15, -0.1) is 0 Å². The van der Waals surface area contributed by atoms with E-state index in [1.54, 1.807) is 19.2 Å². The van der Waals surface area contributed by atoms with Crippen molar-refractivity contribution in [3.05, 3.63) is 50.8 Å². The summed E-state index contributed by atoms with van der Waals surface area (Å²) in [7, 11) is 2.96. The zero-order valence-corrected chi connectivity index (χ0v) is 14.7. The molecule has 0 saturated heterocycles. The van der Waals surface area contributed by atoms with Crippen LogP contribution in [0.2, 0.25) is 10.2 Å². The van der Waals surface area contributed by atoms with Gasteiger partial charge in [0.05, 0.1) is 17.7 Å². The van der Waals surface area contributed by atoms with Crippen molar-refractivity contribution >= 4 is 40.8 Å². The summed E-state index contributed by atoms with van der Waals surface area (Å²) in [5.74, 6) is -0.827. The molecule has 0 unspecified atom stereocenters. The molecule has 2 rings (SSSR count). The minimum Gasteiger partial charge on any atom is -0.465 e. The standard InChI is InChI=1S/C16H16Cl2N2O3/c1-8-5-10(6-11(9(8)2)16(22)23-4)19-15(21)13-7-12(17)14(18)20(13)3/h5-7H,1-4H3,(H,19,21). The maximum absolute atomic E-state index is 12.4. The van der Waals surface area contributed by atoms with Gasteiger partial charge in [-0.25, -0.2) is 4.79 Å². The van der Waals surface area contributed by atoms with E-state index in [9.17, 15) is 9.59 Å². The lowest BCUT2D eigenvalue weighted by Crippen LogP contribution is -2.16. The number of carbonyl (C=O) groups is 2. The molecule has 0 bridgehead atoms. The van der Waals surface area contributed by atoms with Crippen LogP contribution in [0.3, 0.4) is 0 Å². The van der Waals surface area contributed by atoms with Crippen molar-refractivity contribution in [1.82, 2.24) is 4.57 Å². The Morgan fingerprint density at radius 3 is 2.35 bits per heavy atom. The van der Waals surface area contributed by atoms with Crippen molar-refractivity contribution in [2.24, 2.45) is 7.05 Å². The van der Waals surface area contributed by atoms with E-state index < -0.39 is 5.97 Å². The molecule has 0 atom stereocenters. The molecule has 0 radical (unpaired) electrons. The highest BCUT2D eigenvalue weighted by Gasteiger charge is 2.18. The van der Waals surface area contributed by atoms with Gasteiger partial charge in [0.25, 0.3) is 5.91 Å². The molecule has 1 N–H and O–H groups in total. The number of nitrogens with zero attached hydrogens (tertiary/aromatic N) is 1. The monoisotopic (exact) mass is 354 g/mol. The molecule has 1 heterocycles. The Kier molecular flexibility index (Phi) is 5.02. The molecule has 0 aliphatic rings. The normalized spacial score (nSPS) is 10.5. The topological polar surface area (TPSA) is 60.3 Å². The quantitative estimate of drug-likeness (QED) is 0.847. The van der Waals surface area contributed by atoms with Crippen LogP contribution in [0.15, 0.2) is 18.2 Å². The number of rotatable bonds is 3. The van der Waals surface area contributed by atoms with E-state index in [2.05, 4.69) is 5.32 Å². The maximum Gasteiger partial charge on any atom is 0.338 e. The fraction of sp³-hybridized carbons (Fsp3) is 0.250. The first-order valence-corrected chi connectivity index (χ1v) is 7.53. The highest BCUT2D eigenvalue weighted by Crippen LogP contribution is 2.26. The number of benzene rings is 1. The SMILES string of the molecule is COC(=O)c1cc(NC(=O)c2cc(Cl)c(Cl)n2C)cc(C)c1C. The second-order valence-corrected chi connectivity index (χ2v) is 5.90. The summed E-state index contributed by atoms with van der Waals surface area (Å²) in [5.41, 5.74) is 2.89. The Bertz CT molecular complexity index is 797. The molecule has 2 aromatic rings. The number of aromatic nitrogens is 1. The average molecular weight is 355 g/mol. The first-order valence-electron chi connectivity index (χ1n) is 6.78. The van der Waals surface area contributed by atoms with Crippen molar-refractivity contribution in [2.45, 2.75) is 13.8 Å². The van der Waals surface area contributed by atoms with Gasteiger partial charge < -0.3 is 14.6 Å². The highest BCUT2D eigenvalue weighted by atomic mass is 35.5. The van der Waals surface area contributed by atoms with E-state index in [-0.39, 0.29) is 11.1 Å². The lowest BCUT2D eigenvalue weighted by molar-refractivity contribution is 0.0599. The minimum atomic E-state index is -0.452. The summed E-state index contributed by atoms with van der Waals surface area (Å²) in [5, 5.41) is 3.33. The molecule has 1 amide bonds. The molecule has 122 valence electrons. The van der Waals surface area contributed by atoms with E-state index in [1.165, 1.54) is 17.7 Å². The zero-order chi connectivity index (χ0) is 17.3. The number of aryl methyl sites for hydroxylation is 1. The molecule has 0 saturated carbocycles. The number of ether oxygens (including phenoxy) is 1. The van der Waals surface area contributed by atoms with Crippen LogP contribution in [0.1, 0.15) is 32.0 Å². The Balaban J connectivity index is 2.36. The van der Waals surface area contributed by atoms with Gasteiger partial charge in [0.1, 0.15) is 10.8 Å².